The van der Waals surface area contributed by atoms with E-state index >= 15 is 0 Å². The van der Waals surface area contributed by atoms with E-state index in [0.29, 0.717) is 22.0 Å². The van der Waals surface area contributed by atoms with Crippen LogP contribution in [0.5, 0.6) is 5.88 Å². The highest BCUT2D eigenvalue weighted by atomic mass is 35.5. The van der Waals surface area contributed by atoms with Gasteiger partial charge in [0.25, 0.3) is 5.56 Å². The third-order valence-corrected chi connectivity index (χ3v) is 6.19. The standard InChI is InChI=1S/C28H17ClN2O4/c29-19-12-10-16(11-13-19)20-15-23(21-14-18-8-4-5-9-22(18)35-28(21)33)34-27-24(20)26(32)30-25(31-27)17-6-2-1-3-7-17/h1-15,20H,(H,30,31,32). The number of hydrogen-bond acceptors (Lipinski definition) is 5. The largest absolute Gasteiger partial charge is 0.438 e. The first-order chi connectivity index (χ1) is 17.1. The molecule has 0 aliphatic carbocycles. The second-order valence-electron chi connectivity index (χ2n) is 8.15. The van der Waals surface area contributed by atoms with Crippen LogP contribution >= 0.6 is 11.6 Å². The molecule has 1 atom stereocenters. The Balaban J connectivity index is 1.56. The summed E-state index contributed by atoms with van der Waals surface area (Å²) in [6.45, 7) is 0. The zero-order valence-corrected chi connectivity index (χ0v) is 19.0. The third kappa shape index (κ3) is 3.84. The fourth-order valence-electron chi connectivity index (χ4n) is 4.23. The minimum Gasteiger partial charge on any atom is -0.438 e. The van der Waals surface area contributed by atoms with Gasteiger partial charge in [0.05, 0.1) is 5.56 Å². The molecule has 0 spiro atoms. The summed E-state index contributed by atoms with van der Waals surface area (Å²) < 4.78 is 11.6. The summed E-state index contributed by atoms with van der Waals surface area (Å²) >= 11 is 6.10. The number of allylic oxidation sites excluding steroid dienone is 1. The van der Waals surface area contributed by atoms with Gasteiger partial charge in [-0.1, -0.05) is 72.3 Å². The van der Waals surface area contributed by atoms with Crippen LogP contribution in [0, 0.1) is 0 Å². The number of H-pyrrole nitrogens is 1. The molecule has 170 valence electrons. The third-order valence-electron chi connectivity index (χ3n) is 5.94. The minimum atomic E-state index is -0.540. The Bertz CT molecular complexity index is 1720. The van der Waals surface area contributed by atoms with Crippen molar-refractivity contribution >= 4 is 28.3 Å². The zero-order valence-electron chi connectivity index (χ0n) is 18.2. The van der Waals surface area contributed by atoms with Crippen molar-refractivity contribution in [1.82, 2.24) is 9.97 Å². The molecule has 1 N–H and O–H groups in total. The highest BCUT2D eigenvalue weighted by molar-refractivity contribution is 6.30. The molecule has 1 aliphatic heterocycles. The van der Waals surface area contributed by atoms with Crippen LogP contribution in [0.4, 0.5) is 0 Å². The van der Waals surface area contributed by atoms with E-state index < -0.39 is 11.5 Å². The fourth-order valence-corrected chi connectivity index (χ4v) is 4.36. The van der Waals surface area contributed by atoms with Crippen molar-refractivity contribution in [2.75, 3.05) is 0 Å². The number of benzene rings is 3. The van der Waals surface area contributed by atoms with Crippen molar-refractivity contribution in [3.05, 3.63) is 133 Å². The van der Waals surface area contributed by atoms with Crippen LogP contribution in [0.25, 0.3) is 28.1 Å². The molecule has 0 saturated carbocycles. The van der Waals surface area contributed by atoms with Crippen molar-refractivity contribution in [2.45, 2.75) is 5.92 Å². The molecule has 6 rings (SSSR count). The molecule has 3 heterocycles. The van der Waals surface area contributed by atoms with Crippen molar-refractivity contribution in [1.29, 1.82) is 0 Å². The van der Waals surface area contributed by atoms with Gasteiger partial charge >= 0.3 is 5.63 Å². The van der Waals surface area contributed by atoms with Crippen LogP contribution in [-0.4, -0.2) is 9.97 Å². The number of nitrogens with zero attached hydrogens (tertiary/aromatic N) is 1. The molecule has 0 amide bonds. The van der Waals surface area contributed by atoms with E-state index in [-0.39, 0.29) is 22.8 Å². The summed E-state index contributed by atoms with van der Waals surface area (Å²) in [5.74, 6) is 0.264. The number of rotatable bonds is 3. The smallest absolute Gasteiger partial charge is 0.347 e. The van der Waals surface area contributed by atoms with Gasteiger partial charge in [0.2, 0.25) is 5.88 Å². The van der Waals surface area contributed by atoms with E-state index in [9.17, 15) is 9.59 Å². The van der Waals surface area contributed by atoms with Gasteiger partial charge in [-0.15, -0.1) is 0 Å². The average molecular weight is 481 g/mol. The van der Waals surface area contributed by atoms with Gasteiger partial charge in [-0.25, -0.2) is 4.79 Å². The highest BCUT2D eigenvalue weighted by Gasteiger charge is 2.30. The Morgan fingerprint density at radius 3 is 2.43 bits per heavy atom. The van der Waals surface area contributed by atoms with Gasteiger partial charge in [-0.2, -0.15) is 4.98 Å². The lowest BCUT2D eigenvalue weighted by Gasteiger charge is -2.24. The number of para-hydroxylation sites is 1. The molecule has 5 aromatic rings. The molecule has 3 aromatic carbocycles. The first-order valence-corrected chi connectivity index (χ1v) is 11.3. The number of ether oxygens (including phenoxy) is 1. The summed E-state index contributed by atoms with van der Waals surface area (Å²) in [5.41, 5.74) is 1.75. The number of aromatic amines is 1. The van der Waals surface area contributed by atoms with E-state index in [1.165, 1.54) is 0 Å². The molecular weight excluding hydrogens is 464 g/mol. The molecule has 7 heteroatoms. The SMILES string of the molecule is O=c1[nH]c(-c2ccccc2)nc2c1C(c1ccc(Cl)cc1)C=C(c1cc3ccccc3oc1=O)O2. The van der Waals surface area contributed by atoms with Crippen molar-refractivity contribution in [2.24, 2.45) is 0 Å². The summed E-state index contributed by atoms with van der Waals surface area (Å²) in [7, 11) is 0. The number of halogens is 1. The summed E-state index contributed by atoms with van der Waals surface area (Å²) in [4.78, 5) is 33.7. The molecule has 1 unspecified atom stereocenters. The molecule has 6 nitrogen and oxygen atoms in total. The molecule has 35 heavy (non-hydrogen) atoms. The van der Waals surface area contributed by atoms with E-state index in [0.717, 1.165) is 16.5 Å². The predicted molar refractivity (Wildman–Crippen MR) is 135 cm³/mol. The Hall–Kier alpha value is -4.42. The van der Waals surface area contributed by atoms with Crippen LogP contribution in [0.3, 0.4) is 0 Å². The Labute approximate surface area is 204 Å². The van der Waals surface area contributed by atoms with Gasteiger partial charge in [0.15, 0.2) is 0 Å². The quantitative estimate of drug-likeness (QED) is 0.332. The molecule has 0 bridgehead atoms. The maximum Gasteiger partial charge on any atom is 0.347 e. The molecule has 1 aliphatic rings. The number of hydrogen-bond donors (Lipinski definition) is 1. The van der Waals surface area contributed by atoms with Gasteiger partial charge < -0.3 is 14.1 Å². The second kappa shape index (κ2) is 8.42. The van der Waals surface area contributed by atoms with E-state index in [2.05, 4.69) is 9.97 Å². The lowest BCUT2D eigenvalue weighted by Crippen LogP contribution is -2.24. The maximum absolute atomic E-state index is 13.3. The fraction of sp³-hybridized carbons (Fsp3) is 0.0357. The lowest BCUT2D eigenvalue weighted by molar-refractivity contribution is 0.461. The minimum absolute atomic E-state index is 0.137. The van der Waals surface area contributed by atoms with Gasteiger partial charge in [-0.05, 0) is 35.9 Å². The van der Waals surface area contributed by atoms with Gasteiger partial charge in [-0.3, -0.25) is 4.79 Å². The number of nitrogens with one attached hydrogen (secondary N) is 1. The van der Waals surface area contributed by atoms with Gasteiger partial charge in [0.1, 0.15) is 22.7 Å². The van der Waals surface area contributed by atoms with E-state index in [1.807, 2.05) is 54.6 Å². The Kier molecular flexibility index (Phi) is 5.08. The van der Waals surface area contributed by atoms with Crippen LogP contribution in [0.2, 0.25) is 5.02 Å². The Morgan fingerprint density at radius 2 is 1.63 bits per heavy atom. The predicted octanol–water partition coefficient (Wildman–Crippen LogP) is 5.76. The summed E-state index contributed by atoms with van der Waals surface area (Å²) in [5, 5.41) is 1.33. The molecular formula is C28H17ClN2O4. The van der Waals surface area contributed by atoms with Crippen LogP contribution in [0.1, 0.15) is 22.6 Å². The highest BCUT2D eigenvalue weighted by Crippen LogP contribution is 2.38. The lowest BCUT2D eigenvalue weighted by atomic mass is 9.89. The summed E-state index contributed by atoms with van der Waals surface area (Å²) in [6, 6.07) is 25.4. The second-order valence-corrected chi connectivity index (χ2v) is 8.58. The monoisotopic (exact) mass is 480 g/mol. The topological polar surface area (TPSA) is 85.2 Å². The molecule has 0 radical (unpaired) electrons. The Morgan fingerprint density at radius 1 is 0.886 bits per heavy atom. The zero-order chi connectivity index (χ0) is 23.9. The number of fused-ring (bicyclic) bond motifs is 2. The van der Waals surface area contributed by atoms with E-state index in [1.54, 1.807) is 36.4 Å². The van der Waals surface area contributed by atoms with Crippen molar-refractivity contribution in [3.63, 3.8) is 0 Å². The molecule has 2 aromatic heterocycles. The molecule has 0 fully saturated rings. The first-order valence-electron chi connectivity index (χ1n) is 10.9. The maximum atomic E-state index is 13.3. The normalized spacial score (nSPS) is 14.8. The van der Waals surface area contributed by atoms with Crippen molar-refractivity contribution < 1.29 is 9.15 Å². The van der Waals surface area contributed by atoms with Crippen molar-refractivity contribution in [3.8, 4) is 17.3 Å². The summed E-state index contributed by atoms with van der Waals surface area (Å²) in [6.07, 6.45) is 1.74. The van der Waals surface area contributed by atoms with Crippen LogP contribution < -0.4 is 15.9 Å². The van der Waals surface area contributed by atoms with Gasteiger partial charge in [0, 0.05) is 21.9 Å². The molecule has 0 saturated heterocycles. The van der Waals surface area contributed by atoms with Crippen LogP contribution in [0.15, 0.2) is 105 Å². The van der Waals surface area contributed by atoms with Crippen LogP contribution in [-0.2, 0) is 0 Å². The average Bonchev–Trinajstić information content (AvgIpc) is 2.88. The van der Waals surface area contributed by atoms with E-state index in [4.69, 9.17) is 20.8 Å². The number of aromatic nitrogens is 2. The first kappa shape index (κ1) is 21.1.